The van der Waals surface area contributed by atoms with Crippen LogP contribution in [0.1, 0.15) is 24.8 Å². The average molecular weight is 299 g/mol. The Morgan fingerprint density at radius 2 is 1.73 bits per heavy atom. The fourth-order valence-corrected chi connectivity index (χ4v) is 2.79. The van der Waals surface area contributed by atoms with Gasteiger partial charge < -0.3 is 15.2 Å². The number of hydrogen-bond donors (Lipinski definition) is 2. The molecule has 1 aliphatic rings. The van der Waals surface area contributed by atoms with Crippen LogP contribution in [0.3, 0.4) is 0 Å². The molecule has 0 saturated carbocycles. The summed E-state index contributed by atoms with van der Waals surface area (Å²) in [5.74, 6) is 2.56. The van der Waals surface area contributed by atoms with Gasteiger partial charge in [-0.15, -0.1) is 0 Å². The van der Waals surface area contributed by atoms with E-state index in [2.05, 4.69) is 42.6 Å². The number of phenols is 1. The lowest BCUT2D eigenvalue weighted by molar-refractivity contribution is 0.349. The molecule has 3 rings (SSSR count). The standard InChI is InChI=1S/C12H17N.C7H8O2/c1-10-9-13-8-7-12(10)11-5-3-2-4-6-11;1-9-7-4-2-6(8)3-5-7/h2-6,10,12-13H,7-9H2,1H3;2-5,8H,1H3/t10?,12-;/m0./s1. The first-order valence-corrected chi connectivity index (χ1v) is 7.79. The van der Waals surface area contributed by atoms with E-state index in [4.69, 9.17) is 9.84 Å². The Bertz CT molecular complexity index is 539. The van der Waals surface area contributed by atoms with Crippen LogP contribution < -0.4 is 10.1 Å². The van der Waals surface area contributed by atoms with E-state index >= 15 is 0 Å². The third kappa shape index (κ3) is 4.78. The topological polar surface area (TPSA) is 41.5 Å². The maximum absolute atomic E-state index is 8.80. The summed E-state index contributed by atoms with van der Waals surface area (Å²) in [5, 5.41) is 12.2. The van der Waals surface area contributed by atoms with Crippen LogP contribution in [0.5, 0.6) is 11.5 Å². The van der Waals surface area contributed by atoms with E-state index in [0.717, 1.165) is 17.6 Å². The number of piperidine rings is 1. The first-order valence-electron chi connectivity index (χ1n) is 7.79. The maximum atomic E-state index is 8.80. The van der Waals surface area contributed by atoms with E-state index in [9.17, 15) is 0 Å². The molecule has 2 atom stereocenters. The molecule has 2 aromatic carbocycles. The fraction of sp³-hybridized carbons (Fsp3) is 0.368. The highest BCUT2D eigenvalue weighted by atomic mass is 16.5. The van der Waals surface area contributed by atoms with Crippen molar-refractivity contribution >= 4 is 0 Å². The van der Waals surface area contributed by atoms with Gasteiger partial charge in [-0.05, 0) is 61.2 Å². The van der Waals surface area contributed by atoms with E-state index in [1.54, 1.807) is 31.4 Å². The smallest absolute Gasteiger partial charge is 0.119 e. The Kier molecular flexibility index (Phi) is 6.28. The van der Waals surface area contributed by atoms with Crippen LogP contribution in [0.25, 0.3) is 0 Å². The van der Waals surface area contributed by atoms with Gasteiger partial charge in [-0.2, -0.15) is 0 Å². The van der Waals surface area contributed by atoms with Crippen LogP contribution in [0, 0.1) is 5.92 Å². The normalized spacial score (nSPS) is 20.6. The second-order valence-electron chi connectivity index (χ2n) is 5.69. The summed E-state index contributed by atoms with van der Waals surface area (Å²) < 4.78 is 4.86. The number of hydrogen-bond acceptors (Lipinski definition) is 3. The summed E-state index contributed by atoms with van der Waals surface area (Å²) in [7, 11) is 1.59. The number of ether oxygens (including phenoxy) is 1. The first-order chi connectivity index (χ1) is 10.7. The zero-order valence-corrected chi connectivity index (χ0v) is 13.3. The van der Waals surface area contributed by atoms with Gasteiger partial charge in [0.15, 0.2) is 0 Å². The molecule has 2 N–H and O–H groups in total. The van der Waals surface area contributed by atoms with Crippen LogP contribution >= 0.6 is 0 Å². The lowest BCUT2D eigenvalue weighted by Crippen LogP contribution is -2.33. The Morgan fingerprint density at radius 3 is 2.32 bits per heavy atom. The molecule has 0 amide bonds. The van der Waals surface area contributed by atoms with Gasteiger partial charge in [0.25, 0.3) is 0 Å². The molecular weight excluding hydrogens is 274 g/mol. The van der Waals surface area contributed by atoms with Gasteiger partial charge in [-0.25, -0.2) is 0 Å². The molecule has 1 fully saturated rings. The Labute approximate surface area is 133 Å². The number of aromatic hydroxyl groups is 1. The highest BCUT2D eigenvalue weighted by molar-refractivity contribution is 5.29. The molecule has 22 heavy (non-hydrogen) atoms. The molecule has 0 aromatic heterocycles. The quantitative estimate of drug-likeness (QED) is 0.886. The van der Waals surface area contributed by atoms with Crippen molar-refractivity contribution < 1.29 is 9.84 Å². The van der Waals surface area contributed by atoms with Gasteiger partial charge >= 0.3 is 0 Å². The lowest BCUT2D eigenvalue weighted by Gasteiger charge is -2.29. The number of rotatable bonds is 2. The molecule has 1 aliphatic heterocycles. The molecule has 0 spiro atoms. The van der Waals surface area contributed by atoms with Gasteiger partial charge in [0.05, 0.1) is 7.11 Å². The molecule has 3 heteroatoms. The molecule has 1 unspecified atom stereocenters. The molecular formula is C19H25NO2. The second-order valence-corrected chi connectivity index (χ2v) is 5.69. The zero-order chi connectivity index (χ0) is 15.8. The largest absolute Gasteiger partial charge is 0.508 e. The molecule has 0 aliphatic carbocycles. The number of nitrogens with one attached hydrogen (secondary N) is 1. The number of benzene rings is 2. The molecule has 0 bridgehead atoms. The van der Waals surface area contributed by atoms with E-state index < -0.39 is 0 Å². The summed E-state index contributed by atoms with van der Waals surface area (Å²) in [4.78, 5) is 0. The van der Waals surface area contributed by atoms with Crippen molar-refractivity contribution in [2.75, 3.05) is 20.2 Å². The van der Waals surface area contributed by atoms with Crippen molar-refractivity contribution in [3.8, 4) is 11.5 Å². The van der Waals surface area contributed by atoms with Crippen molar-refractivity contribution in [2.24, 2.45) is 5.92 Å². The van der Waals surface area contributed by atoms with Crippen molar-refractivity contribution in [1.29, 1.82) is 0 Å². The predicted octanol–water partition coefficient (Wildman–Crippen LogP) is 3.80. The highest BCUT2D eigenvalue weighted by Crippen LogP contribution is 2.29. The zero-order valence-electron chi connectivity index (χ0n) is 13.3. The summed E-state index contributed by atoms with van der Waals surface area (Å²) in [6.45, 7) is 4.67. The Hall–Kier alpha value is -2.00. The van der Waals surface area contributed by atoms with Crippen molar-refractivity contribution in [2.45, 2.75) is 19.3 Å². The van der Waals surface area contributed by atoms with Crippen LogP contribution in [0.15, 0.2) is 54.6 Å². The van der Waals surface area contributed by atoms with E-state index in [0.29, 0.717) is 0 Å². The summed E-state index contributed by atoms with van der Waals surface area (Å²) in [5.41, 5.74) is 1.51. The molecule has 0 radical (unpaired) electrons. The average Bonchev–Trinajstić information content (AvgIpc) is 2.57. The van der Waals surface area contributed by atoms with E-state index in [-0.39, 0.29) is 5.75 Å². The fourth-order valence-electron chi connectivity index (χ4n) is 2.79. The maximum Gasteiger partial charge on any atom is 0.119 e. The second kappa shape index (κ2) is 8.44. The predicted molar refractivity (Wildman–Crippen MR) is 90.5 cm³/mol. The van der Waals surface area contributed by atoms with Crippen LogP contribution in [0.4, 0.5) is 0 Å². The van der Waals surface area contributed by atoms with Gasteiger partial charge in [0.1, 0.15) is 11.5 Å². The lowest BCUT2D eigenvalue weighted by atomic mass is 9.82. The van der Waals surface area contributed by atoms with Crippen molar-refractivity contribution in [1.82, 2.24) is 5.32 Å². The van der Waals surface area contributed by atoms with Crippen LogP contribution in [-0.2, 0) is 0 Å². The minimum Gasteiger partial charge on any atom is -0.508 e. The van der Waals surface area contributed by atoms with E-state index in [1.807, 2.05) is 0 Å². The minimum absolute atomic E-state index is 0.260. The third-order valence-electron chi connectivity index (χ3n) is 4.09. The first kappa shape index (κ1) is 16.4. The SMILES string of the molecule is CC1CNCC[C@@H]1c1ccccc1.COc1ccc(O)cc1. The highest BCUT2D eigenvalue weighted by Gasteiger charge is 2.21. The molecule has 3 nitrogen and oxygen atoms in total. The van der Waals surface area contributed by atoms with Gasteiger partial charge in [-0.3, -0.25) is 0 Å². The monoisotopic (exact) mass is 299 g/mol. The molecule has 1 heterocycles. The Morgan fingerprint density at radius 1 is 1.05 bits per heavy atom. The molecule has 2 aromatic rings. The van der Waals surface area contributed by atoms with Gasteiger partial charge in [0, 0.05) is 0 Å². The molecule has 118 valence electrons. The number of phenolic OH excluding ortho intramolecular Hbond substituents is 1. The third-order valence-corrected chi connectivity index (χ3v) is 4.09. The summed E-state index contributed by atoms with van der Waals surface area (Å²) >= 11 is 0. The van der Waals surface area contributed by atoms with Gasteiger partial charge in [-0.1, -0.05) is 37.3 Å². The molecule has 1 saturated heterocycles. The minimum atomic E-state index is 0.260. The van der Waals surface area contributed by atoms with Gasteiger partial charge in [0.2, 0.25) is 0 Å². The summed E-state index contributed by atoms with van der Waals surface area (Å²) in [6.07, 6.45) is 1.28. The number of methoxy groups -OCH3 is 1. The van der Waals surface area contributed by atoms with Crippen LogP contribution in [-0.4, -0.2) is 25.3 Å². The van der Waals surface area contributed by atoms with E-state index in [1.165, 1.54) is 25.1 Å². The van der Waals surface area contributed by atoms with Crippen molar-refractivity contribution in [3.05, 3.63) is 60.2 Å². The Balaban J connectivity index is 0.000000172. The summed E-state index contributed by atoms with van der Waals surface area (Å²) in [6, 6.07) is 17.5. The van der Waals surface area contributed by atoms with Crippen molar-refractivity contribution in [3.63, 3.8) is 0 Å². The van der Waals surface area contributed by atoms with Crippen LogP contribution in [0.2, 0.25) is 0 Å².